The molecular weight excluding hydrogens is 296 g/mol. The zero-order chi connectivity index (χ0) is 15.3. The quantitative estimate of drug-likeness (QED) is 0.774. The lowest BCUT2D eigenvalue weighted by Crippen LogP contribution is -2.18. The summed E-state index contributed by atoms with van der Waals surface area (Å²) in [6.45, 7) is 2.04. The summed E-state index contributed by atoms with van der Waals surface area (Å²) in [5, 5.41) is 5.54. The number of aromatic amines is 1. The van der Waals surface area contributed by atoms with Crippen LogP contribution in [0, 0.1) is 0 Å². The molecule has 8 nitrogen and oxygen atoms in total. The highest BCUT2D eigenvalue weighted by Gasteiger charge is 2.26. The predicted octanol–water partition coefficient (Wildman–Crippen LogP) is 1.17. The van der Waals surface area contributed by atoms with E-state index in [1.165, 1.54) is 12.3 Å². The van der Waals surface area contributed by atoms with Crippen molar-refractivity contribution in [3.8, 4) is 0 Å². The summed E-state index contributed by atoms with van der Waals surface area (Å²) >= 11 is 0. The lowest BCUT2D eigenvalue weighted by Gasteiger charge is -2.07. The summed E-state index contributed by atoms with van der Waals surface area (Å²) in [4.78, 5) is 15.7. The van der Waals surface area contributed by atoms with E-state index in [4.69, 9.17) is 4.74 Å². The molecule has 2 heterocycles. The molecule has 9 heteroatoms. The van der Waals surface area contributed by atoms with Crippen molar-refractivity contribution >= 4 is 21.8 Å². The molecule has 0 aliphatic carbocycles. The number of anilines is 1. The number of aromatic nitrogens is 3. The second-order valence-electron chi connectivity index (χ2n) is 4.07. The summed E-state index contributed by atoms with van der Waals surface area (Å²) in [5.41, 5.74) is -0.146. The number of hydrogen-bond acceptors (Lipinski definition) is 6. The third kappa shape index (κ3) is 3.57. The number of pyridine rings is 1. The van der Waals surface area contributed by atoms with Gasteiger partial charge in [-0.1, -0.05) is 13.0 Å². The molecule has 0 bridgehead atoms. The Hall–Kier alpha value is -2.42. The van der Waals surface area contributed by atoms with E-state index < -0.39 is 16.0 Å². The number of carbonyl (C=O) groups excluding carboxylic acids is 1. The van der Waals surface area contributed by atoms with Crippen LogP contribution in [0.4, 0.5) is 5.82 Å². The first-order valence-corrected chi connectivity index (χ1v) is 7.67. The van der Waals surface area contributed by atoms with Crippen LogP contribution in [-0.2, 0) is 14.8 Å². The van der Waals surface area contributed by atoms with Crippen molar-refractivity contribution in [2.75, 3.05) is 11.3 Å². The number of ether oxygens (including phenoxy) is 1. The molecule has 0 unspecified atom stereocenters. The molecule has 2 N–H and O–H groups in total. The first-order valence-electron chi connectivity index (χ1n) is 6.19. The number of carbonyl (C=O) groups is 1. The molecular formula is C12H14N4O4S. The van der Waals surface area contributed by atoms with Gasteiger partial charge in [-0.2, -0.15) is 13.5 Å². The second kappa shape index (κ2) is 6.35. The maximum atomic E-state index is 12.2. The molecule has 0 fully saturated rings. The average Bonchev–Trinajstić information content (AvgIpc) is 2.96. The van der Waals surface area contributed by atoms with E-state index in [9.17, 15) is 13.2 Å². The van der Waals surface area contributed by atoms with Gasteiger partial charge in [0.1, 0.15) is 11.4 Å². The van der Waals surface area contributed by atoms with E-state index in [0.29, 0.717) is 6.42 Å². The van der Waals surface area contributed by atoms with Gasteiger partial charge in [0, 0.05) is 6.20 Å². The molecule has 21 heavy (non-hydrogen) atoms. The zero-order valence-electron chi connectivity index (χ0n) is 11.2. The Bertz CT molecular complexity index is 712. The lowest BCUT2D eigenvalue weighted by molar-refractivity contribution is 0.0500. The molecule has 0 aliphatic heterocycles. The van der Waals surface area contributed by atoms with Crippen LogP contribution in [0.5, 0.6) is 0 Å². The van der Waals surface area contributed by atoms with Gasteiger partial charge in [0.15, 0.2) is 5.03 Å². The third-order valence-corrected chi connectivity index (χ3v) is 3.76. The zero-order valence-corrected chi connectivity index (χ0v) is 12.1. The summed E-state index contributed by atoms with van der Waals surface area (Å²) in [5.74, 6) is -0.605. The first-order chi connectivity index (χ1) is 10.0. The number of nitrogens with one attached hydrogen (secondary N) is 2. The highest BCUT2D eigenvalue weighted by molar-refractivity contribution is 7.92. The topological polar surface area (TPSA) is 114 Å². The SMILES string of the molecule is CCCOC(=O)c1cn[nH]c1S(=O)(=O)Nc1ccccn1. The largest absolute Gasteiger partial charge is 0.462 e. The molecule has 0 saturated carbocycles. The van der Waals surface area contributed by atoms with E-state index in [1.807, 2.05) is 6.92 Å². The van der Waals surface area contributed by atoms with Crippen LogP contribution >= 0.6 is 0 Å². The van der Waals surface area contributed by atoms with Gasteiger partial charge < -0.3 is 4.74 Å². The number of hydrogen-bond donors (Lipinski definition) is 2. The minimum absolute atomic E-state index is 0.139. The van der Waals surface area contributed by atoms with Crippen LogP contribution in [-0.4, -0.2) is 36.2 Å². The Morgan fingerprint density at radius 1 is 1.43 bits per heavy atom. The standard InChI is InChI=1S/C12H14N4O4S/c1-2-7-20-12(17)9-8-14-15-11(9)21(18,19)16-10-5-3-4-6-13-10/h3-6,8H,2,7H2,1H3,(H,13,16)(H,14,15). The van der Waals surface area contributed by atoms with Gasteiger partial charge >= 0.3 is 5.97 Å². The van der Waals surface area contributed by atoms with E-state index in [2.05, 4.69) is 19.9 Å². The third-order valence-electron chi connectivity index (χ3n) is 2.43. The lowest BCUT2D eigenvalue weighted by atomic mass is 10.4. The van der Waals surface area contributed by atoms with Crippen molar-refractivity contribution in [1.29, 1.82) is 0 Å². The van der Waals surface area contributed by atoms with Gasteiger partial charge in [0.05, 0.1) is 12.8 Å². The first kappa shape index (κ1) is 15.0. The van der Waals surface area contributed by atoms with E-state index in [1.54, 1.807) is 12.1 Å². The predicted molar refractivity (Wildman–Crippen MR) is 74.2 cm³/mol. The number of sulfonamides is 1. The minimum atomic E-state index is -4.00. The summed E-state index contributed by atoms with van der Waals surface area (Å²) in [6, 6.07) is 4.78. The monoisotopic (exact) mass is 310 g/mol. The normalized spacial score (nSPS) is 11.1. The minimum Gasteiger partial charge on any atom is -0.462 e. The van der Waals surface area contributed by atoms with Crippen LogP contribution in [0.2, 0.25) is 0 Å². The maximum absolute atomic E-state index is 12.2. The molecule has 0 atom stereocenters. The van der Waals surface area contributed by atoms with Gasteiger partial charge in [-0.15, -0.1) is 0 Å². The van der Waals surface area contributed by atoms with Crippen molar-refractivity contribution in [1.82, 2.24) is 15.2 Å². The van der Waals surface area contributed by atoms with Gasteiger partial charge in [-0.25, -0.2) is 9.78 Å². The van der Waals surface area contributed by atoms with Crippen LogP contribution < -0.4 is 4.72 Å². The Morgan fingerprint density at radius 2 is 2.24 bits per heavy atom. The second-order valence-corrected chi connectivity index (χ2v) is 5.69. The number of esters is 1. The van der Waals surface area contributed by atoms with E-state index in [0.717, 1.165) is 6.20 Å². The average molecular weight is 310 g/mol. The van der Waals surface area contributed by atoms with Gasteiger partial charge in [-0.3, -0.25) is 9.82 Å². The van der Waals surface area contributed by atoms with Crippen molar-refractivity contribution in [3.63, 3.8) is 0 Å². The van der Waals surface area contributed by atoms with Crippen LogP contribution in [0.3, 0.4) is 0 Å². The van der Waals surface area contributed by atoms with Crippen molar-refractivity contribution in [2.45, 2.75) is 18.4 Å². The molecule has 0 spiro atoms. The van der Waals surface area contributed by atoms with Crippen LogP contribution in [0.25, 0.3) is 0 Å². The smallest absolute Gasteiger partial charge is 0.342 e. The van der Waals surface area contributed by atoms with Crippen molar-refractivity contribution < 1.29 is 17.9 Å². The molecule has 0 amide bonds. The van der Waals surface area contributed by atoms with Crippen LogP contribution in [0.15, 0.2) is 35.6 Å². The molecule has 112 valence electrons. The van der Waals surface area contributed by atoms with Crippen LogP contribution in [0.1, 0.15) is 23.7 Å². The number of H-pyrrole nitrogens is 1. The fourth-order valence-corrected chi connectivity index (χ4v) is 2.61. The highest BCUT2D eigenvalue weighted by atomic mass is 32.2. The Balaban J connectivity index is 2.25. The molecule has 2 aromatic rings. The Morgan fingerprint density at radius 3 is 2.90 bits per heavy atom. The Kier molecular flexibility index (Phi) is 4.53. The van der Waals surface area contributed by atoms with E-state index >= 15 is 0 Å². The molecule has 0 aromatic carbocycles. The molecule has 0 radical (unpaired) electrons. The molecule has 0 saturated heterocycles. The van der Waals surface area contributed by atoms with Gasteiger partial charge in [0.25, 0.3) is 10.0 Å². The van der Waals surface area contributed by atoms with Gasteiger partial charge in [-0.05, 0) is 18.6 Å². The maximum Gasteiger partial charge on any atom is 0.342 e. The van der Waals surface area contributed by atoms with E-state index in [-0.39, 0.29) is 23.0 Å². The molecule has 0 aliphatic rings. The molecule has 2 aromatic heterocycles. The Labute approximate surface area is 121 Å². The summed E-state index contributed by atoms with van der Waals surface area (Å²) in [6.07, 6.45) is 3.20. The van der Waals surface area contributed by atoms with Gasteiger partial charge in [0.2, 0.25) is 0 Å². The number of nitrogens with zero attached hydrogens (tertiary/aromatic N) is 2. The summed E-state index contributed by atoms with van der Waals surface area (Å²) < 4.78 is 31.6. The number of rotatable bonds is 6. The van der Waals surface area contributed by atoms with Crippen molar-refractivity contribution in [2.24, 2.45) is 0 Å². The summed E-state index contributed by atoms with van der Waals surface area (Å²) in [7, 11) is -4.00. The fraction of sp³-hybridized carbons (Fsp3) is 0.250. The molecule has 2 rings (SSSR count). The highest BCUT2D eigenvalue weighted by Crippen LogP contribution is 2.16. The fourth-order valence-electron chi connectivity index (χ4n) is 1.51. The van der Waals surface area contributed by atoms with Crippen molar-refractivity contribution in [3.05, 3.63) is 36.2 Å².